The number of hydrogen-bond acceptors (Lipinski definition) is 4. The van der Waals surface area contributed by atoms with Crippen molar-refractivity contribution in [3.63, 3.8) is 0 Å². The van der Waals surface area contributed by atoms with Gasteiger partial charge in [0.1, 0.15) is 0 Å². The van der Waals surface area contributed by atoms with Gasteiger partial charge < -0.3 is 19.5 Å². The minimum absolute atomic E-state index is 0.0989. The van der Waals surface area contributed by atoms with Crippen LogP contribution in [-0.4, -0.2) is 32.5 Å². The van der Waals surface area contributed by atoms with Crippen molar-refractivity contribution in [3.05, 3.63) is 18.2 Å². The van der Waals surface area contributed by atoms with Gasteiger partial charge in [-0.3, -0.25) is 0 Å². The molecular formula is C15H23NO3. The SMILES string of the molecule is COC(C)(C)CCNc1ccc2c(c1)OCCCO2. The van der Waals surface area contributed by atoms with Gasteiger partial charge in [0.25, 0.3) is 0 Å². The second kappa shape index (κ2) is 6.15. The average molecular weight is 265 g/mol. The van der Waals surface area contributed by atoms with E-state index < -0.39 is 0 Å². The van der Waals surface area contributed by atoms with Crippen LogP contribution in [0.25, 0.3) is 0 Å². The molecule has 4 nitrogen and oxygen atoms in total. The smallest absolute Gasteiger partial charge is 0.163 e. The lowest BCUT2D eigenvalue weighted by Crippen LogP contribution is -2.25. The number of ether oxygens (including phenoxy) is 3. The normalized spacial score (nSPS) is 14.9. The van der Waals surface area contributed by atoms with Crippen molar-refractivity contribution in [1.29, 1.82) is 0 Å². The van der Waals surface area contributed by atoms with E-state index in [9.17, 15) is 0 Å². The number of nitrogens with one attached hydrogen (secondary N) is 1. The number of hydrogen-bond donors (Lipinski definition) is 1. The van der Waals surface area contributed by atoms with Crippen LogP contribution in [0.5, 0.6) is 11.5 Å². The molecule has 1 aliphatic rings. The van der Waals surface area contributed by atoms with E-state index in [0.717, 1.165) is 43.2 Å². The average Bonchev–Trinajstić information content (AvgIpc) is 2.63. The third-order valence-corrected chi connectivity index (χ3v) is 3.36. The first-order valence-corrected chi connectivity index (χ1v) is 6.79. The molecule has 1 aromatic rings. The second-order valence-electron chi connectivity index (χ2n) is 5.35. The van der Waals surface area contributed by atoms with Crippen molar-refractivity contribution in [2.75, 3.05) is 32.2 Å². The third kappa shape index (κ3) is 4.03. The summed E-state index contributed by atoms with van der Waals surface area (Å²) < 4.78 is 16.7. The van der Waals surface area contributed by atoms with E-state index in [0.29, 0.717) is 6.61 Å². The lowest BCUT2D eigenvalue weighted by Gasteiger charge is -2.23. The summed E-state index contributed by atoms with van der Waals surface area (Å²) >= 11 is 0. The van der Waals surface area contributed by atoms with Crippen LogP contribution in [-0.2, 0) is 4.74 Å². The molecular weight excluding hydrogens is 242 g/mol. The Morgan fingerprint density at radius 3 is 2.68 bits per heavy atom. The predicted octanol–water partition coefficient (Wildman–Crippen LogP) is 3.07. The summed E-state index contributed by atoms with van der Waals surface area (Å²) in [5.41, 5.74) is 0.953. The maximum Gasteiger partial charge on any atom is 0.163 e. The third-order valence-electron chi connectivity index (χ3n) is 3.36. The summed E-state index contributed by atoms with van der Waals surface area (Å²) in [6.45, 7) is 6.47. The molecule has 0 fully saturated rings. The Hall–Kier alpha value is -1.42. The molecule has 0 atom stereocenters. The molecule has 4 heteroatoms. The molecule has 1 heterocycles. The zero-order valence-corrected chi connectivity index (χ0v) is 12.0. The highest BCUT2D eigenvalue weighted by atomic mass is 16.5. The van der Waals surface area contributed by atoms with E-state index in [1.165, 1.54) is 0 Å². The van der Waals surface area contributed by atoms with E-state index in [1.54, 1.807) is 7.11 Å². The van der Waals surface area contributed by atoms with Gasteiger partial charge in [-0.25, -0.2) is 0 Å². The van der Waals surface area contributed by atoms with Crippen molar-refractivity contribution < 1.29 is 14.2 Å². The minimum atomic E-state index is -0.0989. The maximum absolute atomic E-state index is 5.67. The van der Waals surface area contributed by atoms with Gasteiger partial charge in [0.05, 0.1) is 18.8 Å². The molecule has 19 heavy (non-hydrogen) atoms. The van der Waals surface area contributed by atoms with Crippen molar-refractivity contribution >= 4 is 5.69 Å². The highest BCUT2D eigenvalue weighted by Gasteiger charge is 2.15. The molecule has 0 unspecified atom stereocenters. The topological polar surface area (TPSA) is 39.7 Å². The van der Waals surface area contributed by atoms with Crippen LogP contribution in [0.1, 0.15) is 26.7 Å². The van der Waals surface area contributed by atoms with Crippen LogP contribution in [0, 0.1) is 0 Å². The van der Waals surface area contributed by atoms with E-state index in [2.05, 4.69) is 19.2 Å². The second-order valence-corrected chi connectivity index (χ2v) is 5.35. The maximum atomic E-state index is 5.67. The summed E-state index contributed by atoms with van der Waals surface area (Å²) in [6.07, 6.45) is 1.87. The Kier molecular flexibility index (Phi) is 4.53. The van der Waals surface area contributed by atoms with Crippen LogP contribution < -0.4 is 14.8 Å². The fourth-order valence-corrected chi connectivity index (χ4v) is 1.88. The zero-order chi connectivity index (χ0) is 13.7. The molecule has 0 saturated heterocycles. The van der Waals surface area contributed by atoms with Crippen molar-refractivity contribution in [3.8, 4) is 11.5 Å². The lowest BCUT2D eigenvalue weighted by molar-refractivity contribution is 0.0185. The van der Waals surface area contributed by atoms with E-state index in [1.807, 2.05) is 18.2 Å². The standard InChI is InChI=1S/C15H23NO3/c1-15(2,17-3)7-8-16-12-5-6-13-14(11-12)19-10-4-9-18-13/h5-6,11,16H,4,7-10H2,1-3H3. The number of benzene rings is 1. The van der Waals surface area contributed by atoms with Crippen LogP contribution in [0.4, 0.5) is 5.69 Å². The zero-order valence-electron chi connectivity index (χ0n) is 12.0. The fourth-order valence-electron chi connectivity index (χ4n) is 1.88. The first-order chi connectivity index (χ1) is 9.11. The highest BCUT2D eigenvalue weighted by Crippen LogP contribution is 2.32. The van der Waals surface area contributed by atoms with Crippen LogP contribution >= 0.6 is 0 Å². The highest BCUT2D eigenvalue weighted by molar-refractivity contribution is 5.54. The monoisotopic (exact) mass is 265 g/mol. The molecule has 1 aromatic carbocycles. The summed E-state index contributed by atoms with van der Waals surface area (Å²) in [4.78, 5) is 0. The van der Waals surface area contributed by atoms with Gasteiger partial charge in [-0.05, 0) is 32.4 Å². The van der Waals surface area contributed by atoms with Gasteiger partial charge in [-0.1, -0.05) is 0 Å². The Labute approximate surface area is 115 Å². The summed E-state index contributed by atoms with van der Waals surface area (Å²) in [6, 6.07) is 5.98. The number of methoxy groups -OCH3 is 1. The van der Waals surface area contributed by atoms with Crippen molar-refractivity contribution in [2.24, 2.45) is 0 Å². The predicted molar refractivity (Wildman–Crippen MR) is 76.2 cm³/mol. The molecule has 0 aliphatic carbocycles. The molecule has 2 rings (SSSR count). The fraction of sp³-hybridized carbons (Fsp3) is 0.600. The number of fused-ring (bicyclic) bond motifs is 1. The molecule has 0 spiro atoms. The van der Waals surface area contributed by atoms with Crippen LogP contribution in [0.15, 0.2) is 18.2 Å². The molecule has 1 aliphatic heterocycles. The van der Waals surface area contributed by atoms with Crippen molar-refractivity contribution in [2.45, 2.75) is 32.3 Å². The van der Waals surface area contributed by atoms with E-state index >= 15 is 0 Å². The Bertz CT molecular complexity index is 418. The quantitative estimate of drug-likeness (QED) is 0.888. The summed E-state index contributed by atoms with van der Waals surface area (Å²) in [5.74, 6) is 1.66. The van der Waals surface area contributed by atoms with E-state index in [-0.39, 0.29) is 5.60 Å². The van der Waals surface area contributed by atoms with Crippen molar-refractivity contribution in [1.82, 2.24) is 0 Å². The summed E-state index contributed by atoms with van der Waals surface area (Å²) in [5, 5.41) is 3.39. The number of rotatable bonds is 5. The lowest BCUT2D eigenvalue weighted by atomic mass is 10.1. The number of anilines is 1. The molecule has 0 amide bonds. The molecule has 106 valence electrons. The van der Waals surface area contributed by atoms with E-state index in [4.69, 9.17) is 14.2 Å². The van der Waals surface area contributed by atoms with Crippen LogP contribution in [0.2, 0.25) is 0 Å². The molecule has 0 aromatic heterocycles. The van der Waals surface area contributed by atoms with Gasteiger partial charge in [0.2, 0.25) is 0 Å². The Morgan fingerprint density at radius 1 is 1.21 bits per heavy atom. The van der Waals surface area contributed by atoms with Gasteiger partial charge in [-0.15, -0.1) is 0 Å². The van der Waals surface area contributed by atoms with Gasteiger partial charge in [0.15, 0.2) is 11.5 Å². The molecule has 1 N–H and O–H groups in total. The Balaban J connectivity index is 1.93. The molecule has 0 saturated carbocycles. The summed E-state index contributed by atoms with van der Waals surface area (Å²) in [7, 11) is 1.74. The Morgan fingerprint density at radius 2 is 1.95 bits per heavy atom. The van der Waals surface area contributed by atoms with Gasteiger partial charge in [0, 0.05) is 31.8 Å². The van der Waals surface area contributed by atoms with Crippen LogP contribution in [0.3, 0.4) is 0 Å². The first kappa shape index (κ1) is 14.0. The molecule has 0 radical (unpaired) electrons. The largest absolute Gasteiger partial charge is 0.490 e. The first-order valence-electron chi connectivity index (χ1n) is 6.79. The van der Waals surface area contributed by atoms with Gasteiger partial charge >= 0.3 is 0 Å². The molecule has 0 bridgehead atoms. The minimum Gasteiger partial charge on any atom is -0.490 e. The van der Waals surface area contributed by atoms with Gasteiger partial charge in [-0.2, -0.15) is 0 Å².